The molecule has 5 heteroatoms. The van der Waals surface area contributed by atoms with Crippen LogP contribution in [0, 0.1) is 0 Å². The van der Waals surface area contributed by atoms with Gasteiger partial charge >= 0.3 is 5.97 Å². The van der Waals surface area contributed by atoms with Crippen LogP contribution >= 0.6 is 11.6 Å². The van der Waals surface area contributed by atoms with E-state index in [2.05, 4.69) is 4.98 Å². The molecule has 2 heterocycles. The summed E-state index contributed by atoms with van der Waals surface area (Å²) in [5, 5.41) is 9.74. The van der Waals surface area contributed by atoms with E-state index in [1.807, 2.05) is 4.57 Å². The maximum Gasteiger partial charge on any atom is 0.326 e. The summed E-state index contributed by atoms with van der Waals surface area (Å²) in [6, 6.07) is -0.459. The molecule has 1 N–H and O–H groups in total. The van der Waals surface area contributed by atoms with Gasteiger partial charge in [-0.2, -0.15) is 0 Å². The van der Waals surface area contributed by atoms with Crippen molar-refractivity contribution in [3.8, 4) is 0 Å². The Morgan fingerprint density at radius 3 is 2.81 bits per heavy atom. The van der Waals surface area contributed by atoms with Crippen molar-refractivity contribution in [1.82, 2.24) is 9.55 Å². The molecule has 0 spiro atoms. The van der Waals surface area contributed by atoms with Crippen molar-refractivity contribution in [2.75, 3.05) is 0 Å². The summed E-state index contributed by atoms with van der Waals surface area (Å²) in [7, 11) is 0. The van der Waals surface area contributed by atoms with Gasteiger partial charge in [-0.15, -0.1) is 0 Å². The SMILES string of the molecule is O=C(O)C1CCCc2c(Cl)nc(C3CC3)n21. The van der Waals surface area contributed by atoms with Gasteiger partial charge in [0.2, 0.25) is 0 Å². The van der Waals surface area contributed by atoms with Crippen molar-refractivity contribution in [1.29, 1.82) is 0 Å². The largest absolute Gasteiger partial charge is 0.480 e. The molecule has 1 unspecified atom stereocenters. The maximum atomic E-state index is 11.2. The van der Waals surface area contributed by atoms with Crippen LogP contribution in [0.25, 0.3) is 0 Å². The molecule has 2 aliphatic rings. The smallest absolute Gasteiger partial charge is 0.326 e. The average molecular weight is 241 g/mol. The van der Waals surface area contributed by atoms with Gasteiger partial charge in [-0.3, -0.25) is 0 Å². The number of hydrogen-bond donors (Lipinski definition) is 1. The molecule has 0 radical (unpaired) electrons. The van der Waals surface area contributed by atoms with E-state index in [0.29, 0.717) is 17.5 Å². The van der Waals surface area contributed by atoms with Gasteiger partial charge in [-0.05, 0) is 32.1 Å². The van der Waals surface area contributed by atoms with Gasteiger partial charge < -0.3 is 9.67 Å². The molecule has 0 aromatic carbocycles. The van der Waals surface area contributed by atoms with Gasteiger partial charge in [0.05, 0.1) is 5.69 Å². The fraction of sp³-hybridized carbons (Fsp3) is 0.636. The predicted molar refractivity (Wildman–Crippen MR) is 58.8 cm³/mol. The van der Waals surface area contributed by atoms with E-state index in [0.717, 1.165) is 37.2 Å². The molecule has 0 amide bonds. The van der Waals surface area contributed by atoms with Crippen molar-refractivity contribution >= 4 is 17.6 Å². The molecule has 0 saturated heterocycles. The molecule has 0 bridgehead atoms. The molecule has 1 atom stereocenters. The van der Waals surface area contributed by atoms with Crippen LogP contribution in [-0.2, 0) is 11.2 Å². The van der Waals surface area contributed by atoms with Crippen molar-refractivity contribution < 1.29 is 9.90 Å². The Hall–Kier alpha value is -1.03. The summed E-state index contributed by atoms with van der Waals surface area (Å²) in [4.78, 5) is 15.6. The Kier molecular flexibility index (Phi) is 2.21. The number of imidazole rings is 1. The van der Waals surface area contributed by atoms with Crippen molar-refractivity contribution in [2.45, 2.75) is 44.1 Å². The van der Waals surface area contributed by atoms with Gasteiger partial charge in [0.25, 0.3) is 0 Å². The summed E-state index contributed by atoms with van der Waals surface area (Å²) in [5.41, 5.74) is 0.919. The Labute approximate surface area is 98.2 Å². The van der Waals surface area contributed by atoms with Gasteiger partial charge in [-0.25, -0.2) is 9.78 Å². The van der Waals surface area contributed by atoms with Crippen LogP contribution < -0.4 is 0 Å². The number of fused-ring (bicyclic) bond motifs is 1. The van der Waals surface area contributed by atoms with Gasteiger partial charge in [0.15, 0.2) is 5.15 Å². The molecule has 1 aromatic rings. The summed E-state index contributed by atoms with van der Waals surface area (Å²) >= 11 is 6.08. The van der Waals surface area contributed by atoms with Crippen LogP contribution in [0.2, 0.25) is 5.15 Å². The first-order chi connectivity index (χ1) is 7.68. The Morgan fingerprint density at radius 1 is 1.44 bits per heavy atom. The summed E-state index contributed by atoms with van der Waals surface area (Å²) in [6.45, 7) is 0. The normalized spacial score (nSPS) is 24.2. The summed E-state index contributed by atoms with van der Waals surface area (Å²) in [5.74, 6) is 0.565. The zero-order chi connectivity index (χ0) is 11.3. The number of carbonyl (C=O) groups is 1. The Bertz CT molecular complexity index is 451. The molecule has 1 saturated carbocycles. The number of nitrogens with zero attached hydrogens (tertiary/aromatic N) is 2. The molecule has 16 heavy (non-hydrogen) atoms. The van der Waals surface area contributed by atoms with E-state index in [1.165, 1.54) is 0 Å². The highest BCUT2D eigenvalue weighted by Gasteiger charge is 2.36. The van der Waals surface area contributed by atoms with Crippen LogP contribution in [0.1, 0.15) is 49.2 Å². The molecule has 86 valence electrons. The highest BCUT2D eigenvalue weighted by atomic mass is 35.5. The fourth-order valence-electron chi connectivity index (χ4n) is 2.48. The zero-order valence-corrected chi connectivity index (χ0v) is 9.57. The summed E-state index contributed by atoms with van der Waals surface area (Å²) < 4.78 is 1.88. The van der Waals surface area contributed by atoms with Crippen LogP contribution in [-0.4, -0.2) is 20.6 Å². The van der Waals surface area contributed by atoms with E-state index >= 15 is 0 Å². The first-order valence-electron chi connectivity index (χ1n) is 5.67. The molecular weight excluding hydrogens is 228 g/mol. The number of rotatable bonds is 2. The highest BCUT2D eigenvalue weighted by Crippen LogP contribution is 2.43. The lowest BCUT2D eigenvalue weighted by Gasteiger charge is -2.24. The van der Waals surface area contributed by atoms with E-state index in [4.69, 9.17) is 11.6 Å². The van der Waals surface area contributed by atoms with Gasteiger partial charge in [0, 0.05) is 5.92 Å². The van der Waals surface area contributed by atoms with Crippen molar-refractivity contribution in [2.24, 2.45) is 0 Å². The van der Waals surface area contributed by atoms with E-state index in [-0.39, 0.29) is 0 Å². The lowest BCUT2D eigenvalue weighted by Crippen LogP contribution is -2.26. The number of aromatic nitrogens is 2. The molecule has 4 nitrogen and oxygen atoms in total. The standard InChI is InChI=1S/C11H13ClN2O2/c12-9-7-2-1-3-8(11(15)16)14(7)10(13-9)6-4-5-6/h6,8H,1-5H2,(H,15,16). The minimum Gasteiger partial charge on any atom is -0.480 e. The number of hydrogen-bond acceptors (Lipinski definition) is 2. The lowest BCUT2D eigenvalue weighted by molar-refractivity contribution is -0.141. The quantitative estimate of drug-likeness (QED) is 0.864. The third kappa shape index (κ3) is 1.44. The molecule has 1 aromatic heterocycles. The summed E-state index contributed by atoms with van der Waals surface area (Å²) in [6.07, 6.45) is 4.64. The van der Waals surface area contributed by atoms with Crippen LogP contribution in [0.15, 0.2) is 0 Å². The number of carboxylic acids is 1. The van der Waals surface area contributed by atoms with E-state index in [9.17, 15) is 9.90 Å². The monoisotopic (exact) mass is 240 g/mol. The van der Waals surface area contributed by atoms with Crippen molar-refractivity contribution in [3.63, 3.8) is 0 Å². The molecular formula is C11H13ClN2O2. The molecule has 1 fully saturated rings. The first kappa shape index (κ1) is 10.1. The third-order valence-corrected chi connectivity index (χ3v) is 3.72. The third-order valence-electron chi connectivity index (χ3n) is 3.42. The minimum absolute atomic E-state index is 0.436. The molecule has 1 aliphatic carbocycles. The number of aliphatic carboxylic acids is 1. The van der Waals surface area contributed by atoms with E-state index < -0.39 is 12.0 Å². The van der Waals surface area contributed by atoms with Crippen LogP contribution in [0.4, 0.5) is 0 Å². The average Bonchev–Trinajstić information content (AvgIpc) is 3.04. The predicted octanol–water partition coefficient (Wildman–Crippen LogP) is 2.38. The second kappa shape index (κ2) is 3.48. The molecule has 1 aliphatic heterocycles. The number of carboxylic acid groups (broad SMARTS) is 1. The highest BCUT2D eigenvalue weighted by molar-refractivity contribution is 6.30. The van der Waals surface area contributed by atoms with Crippen molar-refractivity contribution in [3.05, 3.63) is 16.7 Å². The maximum absolute atomic E-state index is 11.2. The van der Waals surface area contributed by atoms with Crippen LogP contribution in [0.3, 0.4) is 0 Å². The molecule has 3 rings (SSSR count). The van der Waals surface area contributed by atoms with Gasteiger partial charge in [-0.1, -0.05) is 11.6 Å². The van der Waals surface area contributed by atoms with E-state index in [1.54, 1.807) is 0 Å². The fourth-order valence-corrected chi connectivity index (χ4v) is 2.76. The van der Waals surface area contributed by atoms with Crippen LogP contribution in [0.5, 0.6) is 0 Å². The Balaban J connectivity index is 2.12. The Morgan fingerprint density at radius 2 is 2.19 bits per heavy atom. The second-order valence-corrected chi connectivity index (χ2v) is 4.96. The zero-order valence-electron chi connectivity index (χ0n) is 8.82. The minimum atomic E-state index is -0.767. The topological polar surface area (TPSA) is 55.1 Å². The first-order valence-corrected chi connectivity index (χ1v) is 6.05. The lowest BCUT2D eigenvalue weighted by atomic mass is 10.0. The second-order valence-electron chi connectivity index (χ2n) is 4.60. The van der Waals surface area contributed by atoms with Gasteiger partial charge in [0.1, 0.15) is 11.9 Å². The number of halogens is 1.